The van der Waals surface area contributed by atoms with Gasteiger partial charge in [0.2, 0.25) is 0 Å². The van der Waals surface area contributed by atoms with E-state index in [4.69, 9.17) is 4.74 Å². The lowest BCUT2D eigenvalue weighted by Crippen LogP contribution is -2.12. The van der Waals surface area contributed by atoms with Crippen LogP contribution in [0.15, 0.2) is 84.9 Å². The molecule has 0 saturated heterocycles. The largest absolute Gasteiger partial charge is 0.497 e. The zero-order chi connectivity index (χ0) is 16.8. The number of hydrogen-bond acceptors (Lipinski definition) is 1. The Balaban J connectivity index is 2.07. The molecule has 0 bridgehead atoms. The van der Waals surface area contributed by atoms with Crippen LogP contribution in [-0.4, -0.2) is 7.11 Å². The summed E-state index contributed by atoms with van der Waals surface area (Å²) in [5, 5.41) is 0. The number of rotatable bonds is 6. The van der Waals surface area contributed by atoms with Gasteiger partial charge in [0.15, 0.2) is 0 Å². The average Bonchev–Trinajstić information content (AvgIpc) is 2.67. The van der Waals surface area contributed by atoms with Gasteiger partial charge in [-0.15, -0.1) is 0 Å². The molecule has 1 nitrogen and oxygen atoms in total. The highest BCUT2D eigenvalue weighted by atomic mass is 16.5. The van der Waals surface area contributed by atoms with E-state index in [9.17, 15) is 0 Å². The van der Waals surface area contributed by atoms with E-state index in [1.807, 2.05) is 0 Å². The normalized spacial score (nSPS) is 13.2. The number of ether oxygens (including phenoxy) is 1. The van der Waals surface area contributed by atoms with Gasteiger partial charge in [-0.1, -0.05) is 79.7 Å². The molecule has 0 heterocycles. The van der Waals surface area contributed by atoms with Crippen molar-refractivity contribution in [3.05, 3.63) is 102 Å². The van der Waals surface area contributed by atoms with Crippen LogP contribution in [0.4, 0.5) is 0 Å². The first-order valence-corrected chi connectivity index (χ1v) is 8.57. The van der Waals surface area contributed by atoms with E-state index in [0.29, 0.717) is 11.8 Å². The molecule has 0 aliphatic rings. The Morgan fingerprint density at radius 2 is 1.17 bits per heavy atom. The second-order valence-corrected chi connectivity index (χ2v) is 6.09. The zero-order valence-electron chi connectivity index (χ0n) is 14.4. The first-order valence-electron chi connectivity index (χ1n) is 8.57. The van der Waals surface area contributed by atoms with Gasteiger partial charge in [-0.05, 0) is 41.2 Å². The van der Waals surface area contributed by atoms with E-state index in [-0.39, 0.29) is 0 Å². The molecular formula is C23H24O. The molecule has 0 aromatic heterocycles. The summed E-state index contributed by atoms with van der Waals surface area (Å²) in [6.45, 7) is 2.27. The van der Waals surface area contributed by atoms with Crippen LogP contribution < -0.4 is 4.74 Å². The fourth-order valence-electron chi connectivity index (χ4n) is 3.49. The van der Waals surface area contributed by atoms with E-state index in [1.165, 1.54) is 16.7 Å². The van der Waals surface area contributed by atoms with Gasteiger partial charge in [0, 0.05) is 5.92 Å². The minimum absolute atomic E-state index is 0.338. The van der Waals surface area contributed by atoms with Crippen LogP contribution in [-0.2, 0) is 0 Å². The van der Waals surface area contributed by atoms with E-state index in [1.54, 1.807) is 7.11 Å². The molecule has 0 amide bonds. The Labute approximate surface area is 144 Å². The van der Waals surface area contributed by atoms with Crippen molar-refractivity contribution in [2.45, 2.75) is 25.2 Å². The van der Waals surface area contributed by atoms with Crippen LogP contribution in [0.2, 0.25) is 0 Å². The molecule has 0 radical (unpaired) electrons. The van der Waals surface area contributed by atoms with Crippen molar-refractivity contribution in [3.8, 4) is 5.75 Å². The van der Waals surface area contributed by atoms with E-state index in [2.05, 4.69) is 91.9 Å². The van der Waals surface area contributed by atoms with Gasteiger partial charge in [0.05, 0.1) is 7.11 Å². The highest BCUT2D eigenvalue weighted by Gasteiger charge is 2.25. The number of hydrogen-bond donors (Lipinski definition) is 0. The standard InChI is InChI=1S/C23H24O/c1-3-22(18-10-6-4-7-11-18)23(19-12-8-5-9-13-19)20-14-16-21(24-2)17-15-20/h4-17,22-23H,3H2,1-2H3. The lowest BCUT2D eigenvalue weighted by atomic mass is 9.76. The molecule has 0 spiro atoms. The fourth-order valence-corrected chi connectivity index (χ4v) is 3.49. The Morgan fingerprint density at radius 1 is 0.667 bits per heavy atom. The second kappa shape index (κ2) is 7.83. The van der Waals surface area contributed by atoms with Crippen LogP contribution in [0.1, 0.15) is 41.9 Å². The monoisotopic (exact) mass is 316 g/mol. The summed E-state index contributed by atoms with van der Waals surface area (Å²) in [6.07, 6.45) is 1.09. The van der Waals surface area contributed by atoms with Crippen LogP contribution in [0.5, 0.6) is 5.75 Å². The van der Waals surface area contributed by atoms with E-state index >= 15 is 0 Å². The van der Waals surface area contributed by atoms with Crippen molar-refractivity contribution in [2.24, 2.45) is 0 Å². The molecular weight excluding hydrogens is 292 g/mol. The maximum Gasteiger partial charge on any atom is 0.118 e. The Morgan fingerprint density at radius 3 is 1.67 bits per heavy atom. The minimum Gasteiger partial charge on any atom is -0.497 e. The van der Waals surface area contributed by atoms with Crippen molar-refractivity contribution in [1.82, 2.24) is 0 Å². The Bertz CT molecular complexity index is 732. The van der Waals surface area contributed by atoms with Gasteiger partial charge in [0.1, 0.15) is 5.75 Å². The summed E-state index contributed by atoms with van der Waals surface area (Å²) in [5.41, 5.74) is 4.08. The van der Waals surface area contributed by atoms with Gasteiger partial charge in [-0.2, -0.15) is 0 Å². The van der Waals surface area contributed by atoms with Gasteiger partial charge in [-0.3, -0.25) is 0 Å². The molecule has 3 aromatic rings. The summed E-state index contributed by atoms with van der Waals surface area (Å²) in [5.74, 6) is 1.69. The second-order valence-electron chi connectivity index (χ2n) is 6.09. The third-order valence-electron chi connectivity index (χ3n) is 4.70. The predicted octanol–water partition coefficient (Wildman–Crippen LogP) is 6.02. The first kappa shape index (κ1) is 16.3. The van der Waals surface area contributed by atoms with Gasteiger partial charge >= 0.3 is 0 Å². The summed E-state index contributed by atoms with van der Waals surface area (Å²) in [6, 6.07) is 30.2. The lowest BCUT2D eigenvalue weighted by Gasteiger charge is -2.28. The smallest absolute Gasteiger partial charge is 0.118 e. The molecule has 0 aliphatic heterocycles. The zero-order valence-corrected chi connectivity index (χ0v) is 14.4. The van der Waals surface area contributed by atoms with Crippen LogP contribution in [0.3, 0.4) is 0 Å². The van der Waals surface area contributed by atoms with Crippen molar-refractivity contribution < 1.29 is 4.74 Å². The molecule has 122 valence electrons. The molecule has 3 aromatic carbocycles. The third-order valence-corrected chi connectivity index (χ3v) is 4.70. The average molecular weight is 316 g/mol. The number of benzene rings is 3. The molecule has 0 saturated carbocycles. The minimum atomic E-state index is 0.338. The molecule has 0 fully saturated rings. The third kappa shape index (κ3) is 3.51. The van der Waals surface area contributed by atoms with Crippen LogP contribution in [0.25, 0.3) is 0 Å². The highest BCUT2D eigenvalue weighted by molar-refractivity contribution is 5.40. The van der Waals surface area contributed by atoms with Gasteiger partial charge in [-0.25, -0.2) is 0 Å². The Kier molecular flexibility index (Phi) is 5.32. The molecule has 0 N–H and O–H groups in total. The molecule has 2 unspecified atom stereocenters. The van der Waals surface area contributed by atoms with E-state index in [0.717, 1.165) is 12.2 Å². The summed E-state index contributed by atoms with van der Waals surface area (Å²) in [7, 11) is 1.71. The first-order chi connectivity index (χ1) is 11.8. The highest BCUT2D eigenvalue weighted by Crippen LogP contribution is 2.40. The summed E-state index contributed by atoms with van der Waals surface area (Å²) >= 11 is 0. The van der Waals surface area contributed by atoms with Gasteiger partial charge in [0.25, 0.3) is 0 Å². The maximum absolute atomic E-state index is 5.33. The fraction of sp³-hybridized carbons (Fsp3) is 0.217. The van der Waals surface area contributed by atoms with Crippen molar-refractivity contribution in [1.29, 1.82) is 0 Å². The SMILES string of the molecule is CCC(c1ccccc1)C(c1ccccc1)c1ccc(OC)cc1. The van der Waals surface area contributed by atoms with Gasteiger partial charge < -0.3 is 4.74 Å². The van der Waals surface area contributed by atoms with Crippen molar-refractivity contribution in [3.63, 3.8) is 0 Å². The van der Waals surface area contributed by atoms with Crippen LogP contribution in [0, 0.1) is 0 Å². The summed E-state index contributed by atoms with van der Waals surface area (Å²) in [4.78, 5) is 0. The maximum atomic E-state index is 5.33. The molecule has 2 atom stereocenters. The lowest BCUT2D eigenvalue weighted by molar-refractivity contribution is 0.414. The molecule has 24 heavy (non-hydrogen) atoms. The Hall–Kier alpha value is -2.54. The molecule has 3 rings (SSSR count). The topological polar surface area (TPSA) is 9.23 Å². The van der Waals surface area contributed by atoms with Crippen molar-refractivity contribution >= 4 is 0 Å². The quantitative estimate of drug-likeness (QED) is 0.540. The number of methoxy groups -OCH3 is 1. The van der Waals surface area contributed by atoms with E-state index < -0.39 is 0 Å². The predicted molar refractivity (Wildman–Crippen MR) is 101 cm³/mol. The molecule has 1 heteroatoms. The summed E-state index contributed by atoms with van der Waals surface area (Å²) < 4.78 is 5.33. The molecule has 0 aliphatic carbocycles. The van der Waals surface area contributed by atoms with Crippen LogP contribution >= 0.6 is 0 Å². The van der Waals surface area contributed by atoms with Crippen molar-refractivity contribution in [2.75, 3.05) is 7.11 Å².